The number of nitrogens with one attached hydrogen (secondary N) is 1. The molecular weight excluding hydrogens is 263 g/mol. The first kappa shape index (κ1) is 15.3. The first-order valence-corrected chi connectivity index (χ1v) is 5.45. The Labute approximate surface area is 108 Å². The van der Waals surface area contributed by atoms with Crippen LogP contribution >= 0.6 is 0 Å². The van der Waals surface area contributed by atoms with E-state index in [9.17, 15) is 18.0 Å². The number of methoxy groups -OCH3 is 1. The van der Waals surface area contributed by atoms with Gasteiger partial charge in [0.25, 0.3) is 0 Å². The normalized spacial score (nSPS) is 14.6. The molecule has 1 rings (SSSR count). The van der Waals surface area contributed by atoms with E-state index < -0.39 is 24.2 Å². The molecule has 1 aromatic carbocycles. The molecule has 106 valence electrons. The molecule has 2 atom stereocenters. The van der Waals surface area contributed by atoms with Gasteiger partial charge in [0.05, 0.1) is 7.11 Å². The molecule has 7 heteroatoms. The van der Waals surface area contributed by atoms with E-state index in [1.54, 1.807) is 5.32 Å². The zero-order valence-corrected chi connectivity index (χ0v) is 10.4. The highest BCUT2D eigenvalue weighted by Gasteiger charge is 2.42. The number of carbonyl (C=O) groups excluding carboxylic acids is 1. The van der Waals surface area contributed by atoms with Crippen molar-refractivity contribution in [3.63, 3.8) is 0 Å². The van der Waals surface area contributed by atoms with Crippen molar-refractivity contribution in [2.45, 2.75) is 25.2 Å². The van der Waals surface area contributed by atoms with Crippen LogP contribution in [0.3, 0.4) is 0 Å². The van der Waals surface area contributed by atoms with E-state index in [0.29, 0.717) is 5.75 Å². The molecule has 0 bridgehead atoms. The Balaban J connectivity index is 2.99. The van der Waals surface area contributed by atoms with E-state index in [-0.39, 0.29) is 5.56 Å². The third kappa shape index (κ3) is 4.13. The van der Waals surface area contributed by atoms with Crippen molar-refractivity contribution in [3.05, 3.63) is 29.8 Å². The van der Waals surface area contributed by atoms with Crippen LogP contribution in [0.4, 0.5) is 13.2 Å². The molecule has 1 amide bonds. The number of ether oxygens (including phenoxy) is 1. The van der Waals surface area contributed by atoms with E-state index >= 15 is 0 Å². The van der Waals surface area contributed by atoms with Gasteiger partial charge in [0.1, 0.15) is 11.9 Å². The standard InChI is InChI=1S/C12H14F3NO3/c1-7(17)11(18)16-10(12(13,14)15)8-3-5-9(19-2)6-4-8/h3-7,10,17H,1-2H3,(H,16,18)/t7-,10-/m1/s1. The number of carbonyl (C=O) groups is 1. The lowest BCUT2D eigenvalue weighted by Gasteiger charge is -2.22. The molecule has 0 unspecified atom stereocenters. The fourth-order valence-corrected chi connectivity index (χ4v) is 1.41. The fraction of sp³-hybridized carbons (Fsp3) is 0.417. The topological polar surface area (TPSA) is 58.6 Å². The van der Waals surface area contributed by atoms with Gasteiger partial charge in [0, 0.05) is 0 Å². The molecule has 0 radical (unpaired) electrons. The first-order valence-electron chi connectivity index (χ1n) is 5.45. The summed E-state index contributed by atoms with van der Waals surface area (Å²) < 4.78 is 43.5. The van der Waals surface area contributed by atoms with E-state index in [4.69, 9.17) is 9.84 Å². The van der Waals surface area contributed by atoms with Gasteiger partial charge in [-0.3, -0.25) is 4.79 Å². The van der Waals surface area contributed by atoms with Crippen molar-refractivity contribution >= 4 is 5.91 Å². The molecule has 0 aliphatic rings. The highest BCUT2D eigenvalue weighted by Crippen LogP contribution is 2.33. The minimum atomic E-state index is -4.65. The lowest BCUT2D eigenvalue weighted by atomic mass is 10.1. The largest absolute Gasteiger partial charge is 0.497 e. The molecule has 19 heavy (non-hydrogen) atoms. The maximum absolute atomic E-state index is 12.9. The molecule has 4 nitrogen and oxygen atoms in total. The van der Waals surface area contributed by atoms with Crippen molar-refractivity contribution in [1.29, 1.82) is 0 Å². The highest BCUT2D eigenvalue weighted by atomic mass is 19.4. The van der Waals surface area contributed by atoms with Gasteiger partial charge in [-0.25, -0.2) is 0 Å². The lowest BCUT2D eigenvalue weighted by molar-refractivity contribution is -0.165. The minimum absolute atomic E-state index is 0.137. The third-order valence-corrected chi connectivity index (χ3v) is 2.44. The second-order valence-corrected chi connectivity index (χ2v) is 3.93. The predicted molar refractivity (Wildman–Crippen MR) is 61.6 cm³/mol. The van der Waals surface area contributed by atoms with Gasteiger partial charge < -0.3 is 15.2 Å². The van der Waals surface area contributed by atoms with Crippen LogP contribution in [0.2, 0.25) is 0 Å². The van der Waals surface area contributed by atoms with Crippen molar-refractivity contribution < 1.29 is 27.8 Å². The number of aliphatic hydroxyl groups excluding tert-OH is 1. The number of hydrogen-bond donors (Lipinski definition) is 2. The van der Waals surface area contributed by atoms with Gasteiger partial charge in [-0.05, 0) is 24.6 Å². The van der Waals surface area contributed by atoms with Crippen LogP contribution < -0.4 is 10.1 Å². The Morgan fingerprint density at radius 2 is 1.84 bits per heavy atom. The SMILES string of the molecule is COc1ccc([C@@H](NC(=O)[C@@H](C)O)C(F)(F)F)cc1. The van der Waals surface area contributed by atoms with Crippen LogP contribution in [0, 0.1) is 0 Å². The lowest BCUT2D eigenvalue weighted by Crippen LogP contribution is -2.42. The third-order valence-electron chi connectivity index (χ3n) is 2.44. The van der Waals surface area contributed by atoms with E-state index in [1.807, 2.05) is 0 Å². The summed E-state index contributed by atoms with van der Waals surface area (Å²) in [4.78, 5) is 11.2. The van der Waals surface area contributed by atoms with Crippen molar-refractivity contribution in [2.24, 2.45) is 0 Å². The average molecular weight is 277 g/mol. The number of halogens is 3. The summed E-state index contributed by atoms with van der Waals surface area (Å²) in [5, 5.41) is 10.7. The number of aliphatic hydroxyl groups is 1. The number of benzene rings is 1. The van der Waals surface area contributed by atoms with Crippen molar-refractivity contribution in [3.8, 4) is 5.75 Å². The summed E-state index contributed by atoms with van der Waals surface area (Å²) in [5.74, 6) is -0.676. The highest BCUT2D eigenvalue weighted by molar-refractivity contribution is 5.80. The van der Waals surface area contributed by atoms with Crippen molar-refractivity contribution in [1.82, 2.24) is 5.32 Å². The molecule has 0 fully saturated rings. The van der Waals surface area contributed by atoms with Gasteiger partial charge in [-0.15, -0.1) is 0 Å². The molecule has 0 aliphatic carbocycles. The zero-order valence-electron chi connectivity index (χ0n) is 10.4. The fourth-order valence-electron chi connectivity index (χ4n) is 1.41. The molecule has 0 aliphatic heterocycles. The van der Waals surface area contributed by atoms with Gasteiger partial charge in [0.2, 0.25) is 5.91 Å². The Morgan fingerprint density at radius 1 is 1.32 bits per heavy atom. The molecule has 0 saturated carbocycles. The Morgan fingerprint density at radius 3 is 2.21 bits per heavy atom. The minimum Gasteiger partial charge on any atom is -0.497 e. The van der Waals surface area contributed by atoms with Crippen LogP contribution in [0.5, 0.6) is 5.75 Å². The first-order chi connectivity index (χ1) is 8.75. The zero-order chi connectivity index (χ0) is 14.6. The number of amides is 1. The quantitative estimate of drug-likeness (QED) is 0.882. The Hall–Kier alpha value is -1.76. The van der Waals surface area contributed by atoms with Gasteiger partial charge >= 0.3 is 6.18 Å². The average Bonchev–Trinajstić information content (AvgIpc) is 2.34. The van der Waals surface area contributed by atoms with Gasteiger partial charge in [-0.2, -0.15) is 13.2 Å². The molecule has 0 heterocycles. The van der Waals surface area contributed by atoms with Crippen LogP contribution in [0.25, 0.3) is 0 Å². The smallest absolute Gasteiger partial charge is 0.412 e. The van der Waals surface area contributed by atoms with Crippen LogP contribution in [-0.2, 0) is 4.79 Å². The predicted octanol–water partition coefficient (Wildman–Crippen LogP) is 1.80. The van der Waals surface area contributed by atoms with E-state index in [1.165, 1.54) is 31.4 Å². The Kier molecular flexibility index (Phi) is 4.77. The summed E-state index contributed by atoms with van der Waals surface area (Å²) in [6.45, 7) is 1.09. The maximum atomic E-state index is 12.9. The summed E-state index contributed by atoms with van der Waals surface area (Å²) in [6, 6.07) is 2.98. The summed E-state index contributed by atoms with van der Waals surface area (Å²) >= 11 is 0. The molecule has 0 spiro atoms. The van der Waals surface area contributed by atoms with Gasteiger partial charge in [0.15, 0.2) is 6.04 Å². The molecule has 1 aromatic rings. The van der Waals surface area contributed by atoms with Crippen LogP contribution in [0.15, 0.2) is 24.3 Å². The number of alkyl halides is 3. The second kappa shape index (κ2) is 5.92. The summed E-state index contributed by atoms with van der Waals surface area (Å²) in [5.41, 5.74) is -0.137. The van der Waals surface area contributed by atoms with Crippen LogP contribution in [-0.4, -0.2) is 30.4 Å². The second-order valence-electron chi connectivity index (χ2n) is 3.93. The van der Waals surface area contributed by atoms with E-state index in [0.717, 1.165) is 6.92 Å². The monoisotopic (exact) mass is 277 g/mol. The van der Waals surface area contributed by atoms with Crippen molar-refractivity contribution in [2.75, 3.05) is 7.11 Å². The number of rotatable bonds is 4. The Bertz CT molecular complexity index is 429. The number of hydrogen-bond acceptors (Lipinski definition) is 3. The molecule has 0 aromatic heterocycles. The summed E-state index contributed by atoms with van der Waals surface area (Å²) in [7, 11) is 1.39. The molecular formula is C12H14F3NO3. The maximum Gasteiger partial charge on any atom is 0.412 e. The van der Waals surface area contributed by atoms with Gasteiger partial charge in [-0.1, -0.05) is 12.1 Å². The summed E-state index contributed by atoms with van der Waals surface area (Å²) in [6.07, 6.45) is -6.16. The van der Waals surface area contributed by atoms with E-state index in [2.05, 4.69) is 0 Å². The molecule has 2 N–H and O–H groups in total. The van der Waals surface area contributed by atoms with Crippen LogP contribution in [0.1, 0.15) is 18.5 Å². The molecule has 0 saturated heterocycles.